The highest BCUT2D eigenvalue weighted by atomic mass is 35.5. The molecule has 0 amide bonds. The lowest BCUT2D eigenvalue weighted by atomic mass is 10.2. The average molecular weight is 367 g/mol. The van der Waals surface area contributed by atoms with E-state index in [-0.39, 0.29) is 11.6 Å². The molecule has 0 spiro atoms. The molecule has 0 heterocycles. The van der Waals surface area contributed by atoms with Gasteiger partial charge in [0, 0.05) is 13.1 Å². The van der Waals surface area contributed by atoms with Crippen molar-refractivity contribution in [2.24, 2.45) is 5.92 Å². The van der Waals surface area contributed by atoms with Gasteiger partial charge in [0.1, 0.15) is 0 Å². The first-order valence-corrected chi connectivity index (χ1v) is 9.11. The van der Waals surface area contributed by atoms with Crippen LogP contribution in [0.25, 0.3) is 0 Å². The fourth-order valence-corrected chi connectivity index (χ4v) is 3.43. The first-order chi connectivity index (χ1) is 11.7. The fourth-order valence-electron chi connectivity index (χ4n) is 2.34. The maximum atomic E-state index is 13.7. The Morgan fingerprint density at radius 3 is 2.83 bits per heavy atom. The Kier molecular flexibility index (Phi) is 5.87. The molecule has 2 aromatic carbocycles. The quantitative estimate of drug-likeness (QED) is 0.636. The average Bonchev–Trinajstić information content (AvgIpc) is 3.39. The van der Waals surface area contributed by atoms with Crippen LogP contribution in [-0.2, 0) is 6.54 Å². The van der Waals surface area contributed by atoms with Gasteiger partial charge in [-0.25, -0.2) is 4.39 Å². The molecule has 1 aliphatic rings. The van der Waals surface area contributed by atoms with Crippen LogP contribution >= 0.6 is 23.5 Å². The maximum Gasteiger partial charge on any atom is 0.165 e. The van der Waals surface area contributed by atoms with Crippen LogP contribution < -0.4 is 14.8 Å². The summed E-state index contributed by atoms with van der Waals surface area (Å²) in [4.78, 5) is 0.966. The van der Waals surface area contributed by atoms with E-state index in [4.69, 9.17) is 16.3 Å². The Morgan fingerprint density at radius 2 is 2.12 bits per heavy atom. The summed E-state index contributed by atoms with van der Waals surface area (Å²) in [5, 5.41) is 4.17. The number of hydrogen-bond acceptors (Lipinski definition) is 4. The summed E-state index contributed by atoms with van der Waals surface area (Å²) >= 11 is 7.79. The Bertz CT molecular complexity index is 709. The smallest absolute Gasteiger partial charge is 0.165 e. The van der Waals surface area contributed by atoms with Crippen molar-refractivity contribution in [3.63, 3.8) is 0 Å². The highest BCUT2D eigenvalue weighted by Crippen LogP contribution is 2.35. The second-order valence-corrected chi connectivity index (χ2v) is 7.14. The lowest BCUT2D eigenvalue weighted by Gasteiger charge is -2.13. The normalized spacial score (nSPS) is 13.8. The molecule has 128 valence electrons. The third kappa shape index (κ3) is 4.56. The highest BCUT2D eigenvalue weighted by molar-refractivity contribution is 7.97. The second-order valence-electron chi connectivity index (χ2n) is 5.83. The summed E-state index contributed by atoms with van der Waals surface area (Å²) in [5.74, 6) is 0.687. The molecule has 1 saturated carbocycles. The van der Waals surface area contributed by atoms with Gasteiger partial charge < -0.3 is 10.1 Å². The summed E-state index contributed by atoms with van der Waals surface area (Å²) in [6.07, 6.45) is 2.61. The summed E-state index contributed by atoms with van der Waals surface area (Å²) in [7, 11) is 1.46. The topological polar surface area (TPSA) is 33.3 Å². The molecule has 0 unspecified atom stereocenters. The molecule has 3 nitrogen and oxygen atoms in total. The summed E-state index contributed by atoms with van der Waals surface area (Å²) in [6.45, 7) is 1.51. The van der Waals surface area contributed by atoms with Crippen molar-refractivity contribution in [3.05, 3.63) is 52.8 Å². The standard InChI is InChI=1S/C18H20ClFN2OS/c1-23-17-8-7-13(9-15(17)20)11-22-24-18-14(19)3-2-4-16(18)21-10-12-5-6-12/h2-4,7-9,12,21-22H,5-6,10-11H2,1H3. The van der Waals surface area contributed by atoms with Gasteiger partial charge in [0.15, 0.2) is 11.6 Å². The Balaban J connectivity index is 1.60. The van der Waals surface area contributed by atoms with Crippen LogP contribution in [0.2, 0.25) is 5.02 Å². The summed E-state index contributed by atoms with van der Waals surface area (Å²) in [6, 6.07) is 10.8. The number of ether oxygens (including phenoxy) is 1. The van der Waals surface area contributed by atoms with Crippen molar-refractivity contribution in [1.82, 2.24) is 4.72 Å². The van der Waals surface area contributed by atoms with E-state index in [0.717, 1.165) is 28.6 Å². The zero-order chi connectivity index (χ0) is 16.9. The van der Waals surface area contributed by atoms with Gasteiger partial charge in [-0.15, -0.1) is 0 Å². The first kappa shape index (κ1) is 17.4. The van der Waals surface area contributed by atoms with E-state index in [2.05, 4.69) is 10.0 Å². The van der Waals surface area contributed by atoms with Gasteiger partial charge in [-0.1, -0.05) is 23.7 Å². The predicted molar refractivity (Wildman–Crippen MR) is 98.3 cm³/mol. The largest absolute Gasteiger partial charge is 0.494 e. The van der Waals surface area contributed by atoms with Crippen molar-refractivity contribution >= 4 is 29.2 Å². The summed E-state index contributed by atoms with van der Waals surface area (Å²) < 4.78 is 21.9. The van der Waals surface area contributed by atoms with Crippen LogP contribution in [0.3, 0.4) is 0 Å². The molecule has 0 saturated heterocycles. The number of hydrogen-bond donors (Lipinski definition) is 2. The highest BCUT2D eigenvalue weighted by Gasteiger charge is 2.21. The van der Waals surface area contributed by atoms with Crippen LogP contribution in [0.15, 0.2) is 41.3 Å². The second kappa shape index (κ2) is 8.10. The minimum atomic E-state index is -0.355. The van der Waals surface area contributed by atoms with Crippen LogP contribution in [0.5, 0.6) is 5.75 Å². The fraction of sp³-hybridized carbons (Fsp3) is 0.333. The maximum absolute atomic E-state index is 13.7. The minimum absolute atomic E-state index is 0.254. The van der Waals surface area contributed by atoms with Gasteiger partial charge in [0.25, 0.3) is 0 Å². The monoisotopic (exact) mass is 366 g/mol. The van der Waals surface area contributed by atoms with Crippen LogP contribution in [0.1, 0.15) is 18.4 Å². The van der Waals surface area contributed by atoms with Gasteiger partial charge >= 0.3 is 0 Å². The van der Waals surface area contributed by atoms with E-state index in [1.807, 2.05) is 24.3 Å². The van der Waals surface area contributed by atoms with Crippen molar-refractivity contribution in [3.8, 4) is 5.75 Å². The number of methoxy groups -OCH3 is 1. The van der Waals surface area contributed by atoms with Gasteiger partial charge in [-0.3, -0.25) is 4.72 Å². The molecule has 2 N–H and O–H groups in total. The molecule has 24 heavy (non-hydrogen) atoms. The zero-order valence-corrected chi connectivity index (χ0v) is 15.0. The van der Waals surface area contributed by atoms with E-state index in [0.29, 0.717) is 11.6 Å². The van der Waals surface area contributed by atoms with Crippen molar-refractivity contribution < 1.29 is 9.13 Å². The van der Waals surface area contributed by atoms with E-state index in [1.54, 1.807) is 6.07 Å². The number of benzene rings is 2. The van der Waals surface area contributed by atoms with E-state index in [1.165, 1.54) is 38.0 Å². The molecule has 0 aromatic heterocycles. The molecular formula is C18H20ClFN2OS. The number of halogens is 2. The van der Waals surface area contributed by atoms with Gasteiger partial charge in [-0.05, 0) is 60.5 Å². The van der Waals surface area contributed by atoms with E-state index < -0.39 is 0 Å². The predicted octanol–water partition coefficient (Wildman–Crippen LogP) is 5.11. The minimum Gasteiger partial charge on any atom is -0.494 e. The van der Waals surface area contributed by atoms with E-state index in [9.17, 15) is 4.39 Å². The molecule has 0 radical (unpaired) electrons. The Labute approximate surface area is 151 Å². The van der Waals surface area contributed by atoms with Crippen molar-refractivity contribution in [2.45, 2.75) is 24.3 Å². The third-order valence-corrected chi connectivity index (χ3v) is 5.27. The van der Waals surface area contributed by atoms with Crippen LogP contribution in [-0.4, -0.2) is 13.7 Å². The molecule has 2 aromatic rings. The van der Waals surface area contributed by atoms with Crippen molar-refractivity contribution in [1.29, 1.82) is 0 Å². The van der Waals surface area contributed by atoms with Crippen LogP contribution in [0.4, 0.5) is 10.1 Å². The van der Waals surface area contributed by atoms with Gasteiger partial charge in [-0.2, -0.15) is 0 Å². The van der Waals surface area contributed by atoms with Crippen molar-refractivity contribution in [2.75, 3.05) is 19.0 Å². The zero-order valence-electron chi connectivity index (χ0n) is 13.4. The summed E-state index contributed by atoms with van der Waals surface area (Å²) in [5.41, 5.74) is 1.88. The molecule has 0 atom stereocenters. The lowest BCUT2D eigenvalue weighted by Crippen LogP contribution is -2.07. The Hall–Kier alpha value is -1.43. The van der Waals surface area contributed by atoms with Gasteiger partial charge in [0.05, 0.1) is 22.7 Å². The first-order valence-electron chi connectivity index (χ1n) is 7.92. The number of nitrogens with one attached hydrogen (secondary N) is 2. The molecule has 1 aliphatic carbocycles. The van der Waals surface area contributed by atoms with E-state index >= 15 is 0 Å². The molecule has 6 heteroatoms. The Morgan fingerprint density at radius 1 is 1.29 bits per heavy atom. The third-order valence-electron chi connectivity index (χ3n) is 3.91. The molecule has 0 aliphatic heterocycles. The number of anilines is 1. The van der Waals surface area contributed by atoms with Crippen LogP contribution in [0, 0.1) is 11.7 Å². The molecule has 3 rings (SSSR count). The molecular weight excluding hydrogens is 347 g/mol. The molecule has 0 bridgehead atoms. The number of rotatable bonds is 8. The SMILES string of the molecule is COc1ccc(CNSc2c(Cl)cccc2NCC2CC2)cc1F. The van der Waals surface area contributed by atoms with Gasteiger partial charge in [0.2, 0.25) is 0 Å². The molecule has 1 fully saturated rings. The lowest BCUT2D eigenvalue weighted by molar-refractivity contribution is 0.386.